The van der Waals surface area contributed by atoms with Gasteiger partial charge in [0.2, 0.25) is 5.91 Å². The van der Waals surface area contributed by atoms with Crippen LogP contribution in [0.4, 0.5) is 5.69 Å². The van der Waals surface area contributed by atoms with Gasteiger partial charge in [0.05, 0.1) is 25.8 Å². The molecule has 3 rings (SSSR count). The highest BCUT2D eigenvalue weighted by atomic mass is 35.5. The van der Waals surface area contributed by atoms with E-state index < -0.39 is 0 Å². The molecule has 0 radical (unpaired) electrons. The highest BCUT2D eigenvalue weighted by molar-refractivity contribution is 8.00. The molecule has 25 heavy (non-hydrogen) atoms. The van der Waals surface area contributed by atoms with E-state index in [9.17, 15) is 4.79 Å². The van der Waals surface area contributed by atoms with Crippen LogP contribution in [0.1, 0.15) is 13.3 Å². The number of carbonyl (C=O) groups is 1. The molecule has 3 aromatic rings. The molecule has 1 unspecified atom stereocenters. The number of hydrogen-bond acceptors (Lipinski definition) is 3. The van der Waals surface area contributed by atoms with Crippen molar-refractivity contribution in [3.05, 3.63) is 64.6 Å². The lowest BCUT2D eigenvalue weighted by Crippen LogP contribution is -2.24. The Morgan fingerprint density at radius 3 is 2.68 bits per heavy atom. The number of carbonyl (C=O) groups excluding carboxylic acids is 1. The third-order valence-corrected chi connectivity index (χ3v) is 5.73. The van der Waals surface area contributed by atoms with Crippen LogP contribution in [0.15, 0.2) is 59.6 Å². The molecule has 1 atom stereocenters. The summed E-state index contributed by atoms with van der Waals surface area (Å²) in [5.74, 6) is -0.0825. The van der Waals surface area contributed by atoms with E-state index in [1.165, 1.54) is 11.8 Å². The smallest absolute Gasteiger partial charge is 0.237 e. The molecule has 0 spiro atoms. The minimum Gasteiger partial charge on any atom is -0.325 e. The van der Waals surface area contributed by atoms with Crippen molar-refractivity contribution >= 4 is 57.5 Å². The molecule has 3 nitrogen and oxygen atoms in total. The van der Waals surface area contributed by atoms with E-state index in [0.717, 1.165) is 15.9 Å². The molecule has 0 aliphatic carbocycles. The Bertz CT molecular complexity index is 917. The average molecular weight is 391 g/mol. The maximum atomic E-state index is 12.6. The Morgan fingerprint density at radius 1 is 1.12 bits per heavy atom. The number of aromatic nitrogens is 1. The second-order valence-electron chi connectivity index (χ2n) is 5.48. The second kappa shape index (κ2) is 8.09. The van der Waals surface area contributed by atoms with Gasteiger partial charge >= 0.3 is 0 Å². The first-order valence-electron chi connectivity index (χ1n) is 7.85. The van der Waals surface area contributed by atoms with Gasteiger partial charge < -0.3 is 5.32 Å². The van der Waals surface area contributed by atoms with Crippen LogP contribution in [0.3, 0.4) is 0 Å². The standard InChI is InChI=1S/C19H16Cl2N2OS/c1-2-17(19(24)22-13-8-9-14(20)15(21)11-13)25-18-10-7-12-5-3-4-6-16(12)23-18/h3-11,17H,2H2,1H3,(H,22,24). The van der Waals surface area contributed by atoms with E-state index >= 15 is 0 Å². The Kier molecular flexibility index (Phi) is 5.84. The second-order valence-corrected chi connectivity index (χ2v) is 7.51. The number of rotatable bonds is 5. The zero-order chi connectivity index (χ0) is 17.8. The molecular formula is C19H16Cl2N2OS. The van der Waals surface area contributed by atoms with Gasteiger partial charge in [0.25, 0.3) is 0 Å². The van der Waals surface area contributed by atoms with Crippen molar-refractivity contribution < 1.29 is 4.79 Å². The predicted octanol–water partition coefficient (Wildman–Crippen LogP) is 6.05. The van der Waals surface area contributed by atoms with Crippen molar-refractivity contribution in [2.75, 3.05) is 5.32 Å². The summed E-state index contributed by atoms with van der Waals surface area (Å²) >= 11 is 13.4. The molecule has 0 saturated carbocycles. The number of nitrogens with zero attached hydrogens (tertiary/aromatic N) is 1. The van der Waals surface area contributed by atoms with Gasteiger partial charge in [-0.15, -0.1) is 0 Å². The maximum Gasteiger partial charge on any atom is 0.237 e. The summed E-state index contributed by atoms with van der Waals surface area (Å²) in [6, 6.07) is 16.9. The zero-order valence-electron chi connectivity index (χ0n) is 13.5. The number of halogens is 2. The van der Waals surface area contributed by atoms with Crippen molar-refractivity contribution in [2.45, 2.75) is 23.6 Å². The van der Waals surface area contributed by atoms with E-state index in [-0.39, 0.29) is 11.2 Å². The van der Waals surface area contributed by atoms with Crippen LogP contribution in [0.2, 0.25) is 10.0 Å². The number of hydrogen-bond donors (Lipinski definition) is 1. The van der Waals surface area contributed by atoms with Gasteiger partial charge in [-0.05, 0) is 36.8 Å². The molecule has 0 aliphatic rings. The first kappa shape index (κ1) is 18.1. The van der Waals surface area contributed by atoms with Gasteiger partial charge in [-0.25, -0.2) is 4.98 Å². The van der Waals surface area contributed by atoms with Gasteiger partial charge in [-0.3, -0.25) is 4.79 Å². The summed E-state index contributed by atoms with van der Waals surface area (Å²) in [4.78, 5) is 17.2. The molecule has 1 amide bonds. The largest absolute Gasteiger partial charge is 0.325 e. The molecule has 128 valence electrons. The summed E-state index contributed by atoms with van der Waals surface area (Å²) in [5, 5.41) is 5.43. The number of pyridine rings is 1. The van der Waals surface area contributed by atoms with Crippen molar-refractivity contribution in [1.82, 2.24) is 4.98 Å². The lowest BCUT2D eigenvalue weighted by molar-refractivity contribution is -0.115. The Labute approximate surface area is 160 Å². The van der Waals surface area contributed by atoms with E-state index in [4.69, 9.17) is 23.2 Å². The fourth-order valence-corrected chi connectivity index (χ4v) is 3.60. The molecule has 1 aromatic heterocycles. The number of anilines is 1. The fourth-order valence-electron chi connectivity index (χ4n) is 2.38. The molecule has 1 N–H and O–H groups in total. The summed E-state index contributed by atoms with van der Waals surface area (Å²) in [5.41, 5.74) is 1.55. The molecule has 2 aromatic carbocycles. The fraction of sp³-hybridized carbons (Fsp3) is 0.158. The van der Waals surface area contributed by atoms with Crippen molar-refractivity contribution in [3.63, 3.8) is 0 Å². The van der Waals surface area contributed by atoms with Crippen LogP contribution in [0.25, 0.3) is 10.9 Å². The summed E-state index contributed by atoms with van der Waals surface area (Å²) in [6.07, 6.45) is 0.687. The number of fused-ring (bicyclic) bond motifs is 1. The molecular weight excluding hydrogens is 375 g/mol. The Morgan fingerprint density at radius 2 is 1.92 bits per heavy atom. The number of thioether (sulfide) groups is 1. The normalized spacial score (nSPS) is 12.1. The van der Waals surface area contributed by atoms with Gasteiger partial charge in [0.15, 0.2) is 0 Å². The first-order valence-corrected chi connectivity index (χ1v) is 9.48. The minimum absolute atomic E-state index is 0.0825. The van der Waals surface area contributed by atoms with E-state index in [0.29, 0.717) is 22.2 Å². The molecule has 0 aliphatic heterocycles. The maximum absolute atomic E-state index is 12.6. The lowest BCUT2D eigenvalue weighted by Gasteiger charge is -2.15. The molecule has 0 bridgehead atoms. The topological polar surface area (TPSA) is 42.0 Å². The highest BCUT2D eigenvalue weighted by Gasteiger charge is 2.19. The summed E-state index contributed by atoms with van der Waals surface area (Å²) < 4.78 is 0. The Balaban J connectivity index is 1.73. The highest BCUT2D eigenvalue weighted by Crippen LogP contribution is 2.28. The van der Waals surface area contributed by atoms with Crippen LogP contribution in [0, 0.1) is 0 Å². The van der Waals surface area contributed by atoms with Crippen LogP contribution >= 0.6 is 35.0 Å². The lowest BCUT2D eigenvalue weighted by atomic mass is 10.2. The van der Waals surface area contributed by atoms with E-state index in [1.807, 2.05) is 43.3 Å². The average Bonchev–Trinajstić information content (AvgIpc) is 2.62. The third-order valence-electron chi connectivity index (χ3n) is 3.69. The van der Waals surface area contributed by atoms with Gasteiger partial charge in [0, 0.05) is 11.1 Å². The van der Waals surface area contributed by atoms with Crippen LogP contribution < -0.4 is 5.32 Å². The molecule has 0 saturated heterocycles. The first-order chi connectivity index (χ1) is 12.1. The van der Waals surface area contributed by atoms with Gasteiger partial charge in [-0.2, -0.15) is 0 Å². The monoisotopic (exact) mass is 390 g/mol. The van der Waals surface area contributed by atoms with Crippen molar-refractivity contribution in [3.8, 4) is 0 Å². The Hall–Kier alpha value is -1.75. The van der Waals surface area contributed by atoms with Crippen LogP contribution in [0.5, 0.6) is 0 Å². The van der Waals surface area contributed by atoms with Gasteiger partial charge in [0.1, 0.15) is 0 Å². The molecule has 0 fully saturated rings. The van der Waals surface area contributed by atoms with Crippen LogP contribution in [-0.2, 0) is 4.79 Å². The number of nitrogens with one attached hydrogen (secondary N) is 1. The molecule has 6 heteroatoms. The molecule has 1 heterocycles. The summed E-state index contributed by atoms with van der Waals surface area (Å²) in [6.45, 7) is 1.98. The van der Waals surface area contributed by atoms with Crippen molar-refractivity contribution in [2.24, 2.45) is 0 Å². The number of benzene rings is 2. The SMILES string of the molecule is CCC(Sc1ccc2ccccc2n1)C(=O)Nc1ccc(Cl)c(Cl)c1. The summed E-state index contributed by atoms with van der Waals surface area (Å²) in [7, 11) is 0. The van der Waals surface area contributed by atoms with Gasteiger partial charge in [-0.1, -0.05) is 66.2 Å². The van der Waals surface area contributed by atoms with E-state index in [2.05, 4.69) is 10.3 Å². The zero-order valence-corrected chi connectivity index (χ0v) is 15.8. The minimum atomic E-state index is -0.247. The number of para-hydroxylation sites is 1. The third kappa shape index (κ3) is 4.46. The number of amides is 1. The van der Waals surface area contributed by atoms with Crippen molar-refractivity contribution in [1.29, 1.82) is 0 Å². The van der Waals surface area contributed by atoms with E-state index in [1.54, 1.807) is 18.2 Å². The quantitative estimate of drug-likeness (QED) is 0.538. The predicted molar refractivity (Wildman–Crippen MR) is 107 cm³/mol. The van der Waals surface area contributed by atoms with Crippen LogP contribution in [-0.4, -0.2) is 16.1 Å².